The van der Waals surface area contributed by atoms with Crippen LogP contribution in [-0.4, -0.2) is 14.1 Å². The van der Waals surface area contributed by atoms with E-state index >= 15 is 0 Å². The van der Waals surface area contributed by atoms with Gasteiger partial charge in [0.1, 0.15) is 11.5 Å². The van der Waals surface area contributed by atoms with Crippen LogP contribution in [0.15, 0.2) is 123 Å². The SMILES string of the molecule is C=COc1ccc(N(C)c2ccc(C=C(C)c3ccc(N(C)c4ccc(OC=C)cc4)cc3)cc2)cc1. The maximum absolute atomic E-state index is 5.32. The van der Waals surface area contributed by atoms with Gasteiger partial charge in [-0.2, -0.15) is 0 Å². The Morgan fingerprint density at radius 1 is 0.568 bits per heavy atom. The number of anilines is 4. The van der Waals surface area contributed by atoms with Crippen molar-refractivity contribution in [2.75, 3.05) is 23.9 Å². The Morgan fingerprint density at radius 2 is 0.919 bits per heavy atom. The van der Waals surface area contributed by atoms with Crippen LogP contribution in [0.4, 0.5) is 22.7 Å². The van der Waals surface area contributed by atoms with E-state index in [-0.39, 0.29) is 0 Å². The van der Waals surface area contributed by atoms with E-state index in [1.807, 2.05) is 48.5 Å². The second kappa shape index (κ2) is 11.8. The first kappa shape index (κ1) is 25.4. The number of allylic oxidation sites excluding steroid dienone is 1. The number of hydrogen-bond donors (Lipinski definition) is 0. The quantitative estimate of drug-likeness (QED) is 0.164. The lowest BCUT2D eigenvalue weighted by atomic mass is 10.0. The van der Waals surface area contributed by atoms with Gasteiger partial charge in [-0.25, -0.2) is 0 Å². The lowest BCUT2D eigenvalue weighted by Crippen LogP contribution is -2.09. The highest BCUT2D eigenvalue weighted by Crippen LogP contribution is 2.29. The first-order valence-electron chi connectivity index (χ1n) is 12.1. The summed E-state index contributed by atoms with van der Waals surface area (Å²) in [6.07, 6.45) is 5.07. The topological polar surface area (TPSA) is 24.9 Å². The van der Waals surface area contributed by atoms with Crippen LogP contribution in [0.5, 0.6) is 11.5 Å². The van der Waals surface area contributed by atoms with E-state index in [2.05, 4.69) is 98.6 Å². The Hall–Kier alpha value is -4.70. The monoisotopic (exact) mass is 488 g/mol. The molecule has 186 valence electrons. The molecule has 0 unspecified atom stereocenters. The molecule has 0 aliphatic heterocycles. The molecular weight excluding hydrogens is 456 g/mol. The number of nitrogens with zero attached hydrogens (tertiary/aromatic N) is 2. The molecule has 4 aromatic carbocycles. The third-order valence-corrected chi connectivity index (χ3v) is 6.26. The number of hydrogen-bond acceptors (Lipinski definition) is 4. The fraction of sp³-hybridized carbons (Fsp3) is 0.0909. The van der Waals surface area contributed by atoms with Crippen LogP contribution in [0.1, 0.15) is 18.1 Å². The predicted molar refractivity (Wildman–Crippen MR) is 157 cm³/mol. The van der Waals surface area contributed by atoms with Gasteiger partial charge in [0.05, 0.1) is 12.5 Å². The van der Waals surface area contributed by atoms with Gasteiger partial charge in [0.15, 0.2) is 0 Å². The maximum atomic E-state index is 5.32. The standard InChI is InChI=1S/C33H32N2O2/c1-6-36-32-20-16-30(17-21-32)34(4)28-12-8-26(9-13-28)24-25(3)27-10-14-29(15-11-27)35(5)31-18-22-33(23-19-31)37-7-2/h6-24H,1-2H2,3-5H3. The highest BCUT2D eigenvalue weighted by atomic mass is 16.5. The molecule has 37 heavy (non-hydrogen) atoms. The van der Waals surface area contributed by atoms with Gasteiger partial charge in [0, 0.05) is 36.8 Å². The van der Waals surface area contributed by atoms with Crippen molar-refractivity contribution in [3.05, 3.63) is 134 Å². The lowest BCUT2D eigenvalue weighted by Gasteiger charge is -2.20. The van der Waals surface area contributed by atoms with Crippen LogP contribution in [0.3, 0.4) is 0 Å². The van der Waals surface area contributed by atoms with E-state index in [1.165, 1.54) is 23.7 Å². The molecule has 0 heterocycles. The van der Waals surface area contributed by atoms with Gasteiger partial charge < -0.3 is 19.3 Å². The average molecular weight is 489 g/mol. The Balaban J connectivity index is 1.42. The van der Waals surface area contributed by atoms with Crippen molar-refractivity contribution in [3.8, 4) is 11.5 Å². The highest BCUT2D eigenvalue weighted by Gasteiger charge is 2.07. The van der Waals surface area contributed by atoms with Gasteiger partial charge in [-0.15, -0.1) is 0 Å². The molecule has 0 aromatic heterocycles. The van der Waals surface area contributed by atoms with Crippen LogP contribution in [0.25, 0.3) is 11.6 Å². The summed E-state index contributed by atoms with van der Waals surface area (Å²) in [6, 6.07) is 33.0. The summed E-state index contributed by atoms with van der Waals surface area (Å²) in [4.78, 5) is 4.29. The van der Waals surface area contributed by atoms with E-state index in [0.29, 0.717) is 0 Å². The predicted octanol–water partition coefficient (Wildman–Crippen LogP) is 8.83. The molecular formula is C33H32N2O2. The van der Waals surface area contributed by atoms with E-state index < -0.39 is 0 Å². The summed E-state index contributed by atoms with van der Waals surface area (Å²) in [5.74, 6) is 1.55. The zero-order chi connectivity index (χ0) is 26.2. The second-order valence-corrected chi connectivity index (χ2v) is 8.64. The Bertz CT molecular complexity index is 1350. The van der Waals surface area contributed by atoms with Gasteiger partial charge in [-0.05, 0) is 96.4 Å². The van der Waals surface area contributed by atoms with Crippen LogP contribution >= 0.6 is 0 Å². The van der Waals surface area contributed by atoms with E-state index in [9.17, 15) is 0 Å². The van der Waals surface area contributed by atoms with Crippen molar-refractivity contribution in [1.29, 1.82) is 0 Å². The molecule has 0 fully saturated rings. The lowest BCUT2D eigenvalue weighted by molar-refractivity contribution is 0.483. The van der Waals surface area contributed by atoms with Gasteiger partial charge in [-0.1, -0.05) is 43.5 Å². The largest absolute Gasteiger partial charge is 0.466 e. The number of rotatable bonds is 10. The summed E-state index contributed by atoms with van der Waals surface area (Å²) in [6.45, 7) is 9.33. The molecule has 4 heteroatoms. The average Bonchev–Trinajstić information content (AvgIpc) is 2.94. The summed E-state index contributed by atoms with van der Waals surface area (Å²) >= 11 is 0. The molecule has 0 atom stereocenters. The minimum Gasteiger partial charge on any atom is -0.466 e. The minimum absolute atomic E-state index is 0.774. The number of ether oxygens (including phenoxy) is 2. The van der Waals surface area contributed by atoms with Crippen LogP contribution in [-0.2, 0) is 0 Å². The Kier molecular flexibility index (Phi) is 8.11. The molecule has 4 rings (SSSR count). The molecule has 0 amide bonds. The highest BCUT2D eigenvalue weighted by molar-refractivity contribution is 5.81. The molecule has 0 bridgehead atoms. The van der Waals surface area contributed by atoms with E-state index in [0.717, 1.165) is 39.8 Å². The normalized spacial score (nSPS) is 10.9. The zero-order valence-electron chi connectivity index (χ0n) is 21.6. The fourth-order valence-electron chi connectivity index (χ4n) is 4.06. The molecule has 4 aromatic rings. The zero-order valence-corrected chi connectivity index (χ0v) is 21.6. The molecule has 0 aliphatic rings. The number of benzene rings is 4. The maximum Gasteiger partial charge on any atom is 0.126 e. The molecule has 0 saturated heterocycles. The third-order valence-electron chi connectivity index (χ3n) is 6.26. The van der Waals surface area contributed by atoms with Crippen LogP contribution < -0.4 is 19.3 Å². The molecule has 0 spiro atoms. The van der Waals surface area contributed by atoms with E-state index in [4.69, 9.17) is 9.47 Å². The summed E-state index contributed by atoms with van der Waals surface area (Å²) in [5, 5.41) is 0. The van der Waals surface area contributed by atoms with Crippen molar-refractivity contribution in [2.45, 2.75) is 6.92 Å². The third kappa shape index (κ3) is 6.30. The smallest absolute Gasteiger partial charge is 0.126 e. The minimum atomic E-state index is 0.774. The van der Waals surface area contributed by atoms with Gasteiger partial charge in [0.2, 0.25) is 0 Å². The van der Waals surface area contributed by atoms with Crippen LogP contribution in [0.2, 0.25) is 0 Å². The molecule has 0 saturated carbocycles. The summed E-state index contributed by atoms with van der Waals surface area (Å²) in [5.41, 5.74) is 7.96. The van der Waals surface area contributed by atoms with Crippen molar-refractivity contribution in [3.63, 3.8) is 0 Å². The summed E-state index contributed by atoms with van der Waals surface area (Å²) < 4.78 is 10.6. The Labute approximate surface area is 220 Å². The van der Waals surface area contributed by atoms with Crippen LogP contribution in [0, 0.1) is 0 Å². The fourth-order valence-corrected chi connectivity index (χ4v) is 4.06. The second-order valence-electron chi connectivity index (χ2n) is 8.64. The Morgan fingerprint density at radius 3 is 1.30 bits per heavy atom. The molecule has 4 nitrogen and oxygen atoms in total. The van der Waals surface area contributed by atoms with E-state index in [1.54, 1.807) is 0 Å². The first-order valence-corrected chi connectivity index (χ1v) is 12.1. The van der Waals surface area contributed by atoms with Gasteiger partial charge in [0.25, 0.3) is 0 Å². The van der Waals surface area contributed by atoms with Gasteiger partial charge in [-0.3, -0.25) is 0 Å². The van der Waals surface area contributed by atoms with Crippen molar-refractivity contribution in [1.82, 2.24) is 0 Å². The van der Waals surface area contributed by atoms with Gasteiger partial charge >= 0.3 is 0 Å². The van der Waals surface area contributed by atoms with Crippen molar-refractivity contribution in [2.24, 2.45) is 0 Å². The van der Waals surface area contributed by atoms with Crippen molar-refractivity contribution >= 4 is 34.4 Å². The molecule has 0 N–H and O–H groups in total. The van der Waals surface area contributed by atoms with Crippen molar-refractivity contribution < 1.29 is 9.47 Å². The molecule has 0 aliphatic carbocycles. The first-order chi connectivity index (χ1) is 18.0. The molecule has 0 radical (unpaired) electrons. The summed E-state index contributed by atoms with van der Waals surface area (Å²) in [7, 11) is 4.12.